The second-order valence-electron chi connectivity index (χ2n) is 6.07. The molecule has 0 saturated carbocycles. The zero-order chi connectivity index (χ0) is 17.8. The van der Waals surface area contributed by atoms with Crippen LogP contribution in [0.2, 0.25) is 0 Å². The number of aliphatic hydroxyl groups excluding tert-OH is 1. The van der Waals surface area contributed by atoms with Gasteiger partial charge in [0.2, 0.25) is 0 Å². The summed E-state index contributed by atoms with van der Waals surface area (Å²) in [5, 5.41) is 11.6. The Balaban J connectivity index is 1.72. The van der Waals surface area contributed by atoms with Gasteiger partial charge in [0.1, 0.15) is 11.6 Å². The molecule has 1 aromatic heterocycles. The number of nitrogens with one attached hydrogen (secondary N) is 1. The van der Waals surface area contributed by atoms with Crippen molar-refractivity contribution in [1.29, 1.82) is 0 Å². The number of furan rings is 1. The highest BCUT2D eigenvalue weighted by Gasteiger charge is 2.28. The van der Waals surface area contributed by atoms with E-state index in [4.69, 9.17) is 4.42 Å². The molecule has 1 saturated heterocycles. The number of carbonyl (C=O) groups is 2. The smallest absolute Gasteiger partial charge is 0.313 e. The lowest BCUT2D eigenvalue weighted by molar-refractivity contribution is -0.144. The molecule has 132 valence electrons. The van der Waals surface area contributed by atoms with E-state index in [9.17, 15) is 19.1 Å². The number of hydrogen-bond donors (Lipinski definition) is 2. The Hall–Kier alpha value is -2.67. The Morgan fingerprint density at radius 1 is 1.36 bits per heavy atom. The maximum Gasteiger partial charge on any atom is 0.313 e. The van der Waals surface area contributed by atoms with Crippen molar-refractivity contribution in [2.45, 2.75) is 12.8 Å². The number of benzene rings is 1. The Morgan fingerprint density at radius 3 is 2.92 bits per heavy atom. The van der Waals surface area contributed by atoms with E-state index in [2.05, 4.69) is 5.32 Å². The fraction of sp³-hybridized carbons (Fsp3) is 0.333. The van der Waals surface area contributed by atoms with Crippen LogP contribution in [0.25, 0.3) is 11.3 Å². The van der Waals surface area contributed by atoms with E-state index in [1.54, 1.807) is 12.1 Å². The number of likely N-dealkylation sites (tertiary alicyclic amines) is 1. The van der Waals surface area contributed by atoms with Gasteiger partial charge in [0.25, 0.3) is 0 Å². The molecule has 1 unspecified atom stereocenters. The van der Waals surface area contributed by atoms with Gasteiger partial charge >= 0.3 is 11.8 Å². The molecule has 1 aromatic carbocycles. The number of hydrogen-bond acceptors (Lipinski definition) is 4. The van der Waals surface area contributed by atoms with Crippen LogP contribution in [-0.2, 0) is 9.59 Å². The molecule has 2 heterocycles. The minimum Gasteiger partial charge on any atom is -0.464 e. The van der Waals surface area contributed by atoms with E-state index in [0.717, 1.165) is 12.8 Å². The minimum absolute atomic E-state index is 0.0226. The Morgan fingerprint density at radius 2 is 2.20 bits per heavy atom. The maximum atomic E-state index is 14.0. The van der Waals surface area contributed by atoms with Gasteiger partial charge in [-0.3, -0.25) is 9.59 Å². The number of amides is 2. The fourth-order valence-electron chi connectivity index (χ4n) is 2.94. The van der Waals surface area contributed by atoms with Crippen molar-refractivity contribution in [3.8, 4) is 11.3 Å². The van der Waals surface area contributed by atoms with Gasteiger partial charge in [-0.15, -0.1) is 0 Å². The Bertz CT molecular complexity index is 760. The summed E-state index contributed by atoms with van der Waals surface area (Å²) in [5.74, 6) is -1.74. The lowest BCUT2D eigenvalue weighted by Crippen LogP contribution is -2.46. The lowest BCUT2D eigenvalue weighted by atomic mass is 9.99. The molecule has 6 nitrogen and oxygen atoms in total. The molecule has 0 bridgehead atoms. The average molecular weight is 346 g/mol. The molecular formula is C18H19FN2O4. The molecule has 25 heavy (non-hydrogen) atoms. The molecule has 0 radical (unpaired) electrons. The predicted octanol–water partition coefficient (Wildman–Crippen LogP) is 2.26. The van der Waals surface area contributed by atoms with Crippen molar-refractivity contribution < 1.29 is 23.5 Å². The molecule has 0 spiro atoms. The van der Waals surface area contributed by atoms with Crippen LogP contribution in [0.4, 0.5) is 10.1 Å². The molecular weight excluding hydrogens is 327 g/mol. The van der Waals surface area contributed by atoms with E-state index in [1.807, 2.05) is 0 Å². The van der Waals surface area contributed by atoms with Crippen molar-refractivity contribution in [3.05, 3.63) is 42.4 Å². The average Bonchev–Trinajstić information content (AvgIpc) is 3.17. The van der Waals surface area contributed by atoms with E-state index < -0.39 is 17.6 Å². The predicted molar refractivity (Wildman–Crippen MR) is 89.1 cm³/mol. The highest BCUT2D eigenvalue weighted by Crippen LogP contribution is 2.25. The van der Waals surface area contributed by atoms with Gasteiger partial charge in [-0.05, 0) is 49.1 Å². The lowest BCUT2D eigenvalue weighted by Gasteiger charge is -2.31. The summed E-state index contributed by atoms with van der Waals surface area (Å²) in [5.41, 5.74) is 0.510. The standard InChI is InChI=1S/C18H19FN2O4/c19-14-6-5-13(16-4-2-8-25-16)9-15(14)20-17(23)18(24)21-7-1-3-12(10-21)11-22/h2,4-6,8-9,12,22H,1,3,7,10-11H2,(H,20,23). The summed E-state index contributed by atoms with van der Waals surface area (Å²) < 4.78 is 19.2. The third-order valence-corrected chi connectivity index (χ3v) is 4.28. The van der Waals surface area contributed by atoms with Crippen LogP contribution in [0.5, 0.6) is 0 Å². The van der Waals surface area contributed by atoms with Gasteiger partial charge < -0.3 is 19.7 Å². The monoisotopic (exact) mass is 346 g/mol. The van der Waals surface area contributed by atoms with Crippen LogP contribution in [0.1, 0.15) is 12.8 Å². The van der Waals surface area contributed by atoms with Gasteiger partial charge in [0.05, 0.1) is 12.0 Å². The molecule has 3 rings (SSSR count). The van der Waals surface area contributed by atoms with Gasteiger partial charge in [0, 0.05) is 25.3 Å². The van der Waals surface area contributed by atoms with E-state index in [-0.39, 0.29) is 18.2 Å². The Labute approximate surface area is 144 Å². The van der Waals surface area contributed by atoms with Crippen LogP contribution in [0.3, 0.4) is 0 Å². The fourth-order valence-corrected chi connectivity index (χ4v) is 2.94. The normalized spacial score (nSPS) is 17.4. The quantitative estimate of drug-likeness (QED) is 0.835. The van der Waals surface area contributed by atoms with Crippen molar-refractivity contribution in [2.24, 2.45) is 5.92 Å². The summed E-state index contributed by atoms with van der Waals surface area (Å²) in [7, 11) is 0. The third-order valence-electron chi connectivity index (χ3n) is 4.28. The molecule has 1 aliphatic rings. The largest absolute Gasteiger partial charge is 0.464 e. The Kier molecular flexibility index (Phi) is 5.14. The number of piperidine rings is 1. The second kappa shape index (κ2) is 7.48. The number of halogens is 1. The minimum atomic E-state index is -0.894. The zero-order valence-electron chi connectivity index (χ0n) is 13.6. The first-order chi connectivity index (χ1) is 12.1. The van der Waals surface area contributed by atoms with E-state index in [0.29, 0.717) is 24.4 Å². The molecule has 0 aliphatic carbocycles. The van der Waals surface area contributed by atoms with Gasteiger partial charge in [-0.25, -0.2) is 4.39 Å². The molecule has 1 aliphatic heterocycles. The first-order valence-electron chi connectivity index (χ1n) is 8.13. The van der Waals surface area contributed by atoms with Gasteiger partial charge in [-0.2, -0.15) is 0 Å². The topological polar surface area (TPSA) is 82.8 Å². The van der Waals surface area contributed by atoms with E-state index >= 15 is 0 Å². The number of carbonyl (C=O) groups excluding carboxylic acids is 2. The van der Waals surface area contributed by atoms with Crippen molar-refractivity contribution in [3.63, 3.8) is 0 Å². The third kappa shape index (κ3) is 3.88. The number of rotatable bonds is 3. The highest BCUT2D eigenvalue weighted by molar-refractivity contribution is 6.39. The van der Waals surface area contributed by atoms with Gasteiger partial charge in [-0.1, -0.05) is 0 Å². The highest BCUT2D eigenvalue weighted by atomic mass is 19.1. The first kappa shape index (κ1) is 17.2. The molecule has 2 N–H and O–H groups in total. The van der Waals surface area contributed by atoms with Gasteiger partial charge in [0.15, 0.2) is 0 Å². The molecule has 2 amide bonds. The van der Waals surface area contributed by atoms with Crippen LogP contribution < -0.4 is 5.32 Å². The van der Waals surface area contributed by atoms with Crippen molar-refractivity contribution >= 4 is 17.5 Å². The summed E-state index contributed by atoms with van der Waals surface area (Å²) in [4.78, 5) is 25.9. The van der Waals surface area contributed by atoms with Crippen LogP contribution in [0.15, 0.2) is 41.0 Å². The zero-order valence-corrected chi connectivity index (χ0v) is 13.6. The molecule has 7 heteroatoms. The summed E-state index contributed by atoms with van der Waals surface area (Å²) in [6, 6.07) is 7.58. The van der Waals surface area contributed by atoms with Crippen LogP contribution in [0, 0.1) is 11.7 Å². The maximum absolute atomic E-state index is 14.0. The molecule has 2 aromatic rings. The number of aliphatic hydroxyl groups is 1. The van der Waals surface area contributed by atoms with Crippen LogP contribution >= 0.6 is 0 Å². The van der Waals surface area contributed by atoms with Crippen molar-refractivity contribution in [2.75, 3.05) is 25.0 Å². The SMILES string of the molecule is O=C(Nc1cc(-c2ccco2)ccc1F)C(=O)N1CCCC(CO)C1. The number of nitrogens with zero attached hydrogens (tertiary/aromatic N) is 1. The summed E-state index contributed by atoms with van der Waals surface area (Å²) >= 11 is 0. The molecule has 1 atom stereocenters. The van der Waals surface area contributed by atoms with E-state index in [1.165, 1.54) is 29.4 Å². The summed E-state index contributed by atoms with van der Waals surface area (Å²) in [6.07, 6.45) is 3.04. The second-order valence-corrected chi connectivity index (χ2v) is 6.07. The van der Waals surface area contributed by atoms with Crippen molar-refractivity contribution in [1.82, 2.24) is 4.90 Å². The number of anilines is 1. The summed E-state index contributed by atoms with van der Waals surface area (Å²) in [6.45, 7) is 0.764. The first-order valence-corrected chi connectivity index (χ1v) is 8.13. The van der Waals surface area contributed by atoms with Crippen LogP contribution in [-0.4, -0.2) is 41.5 Å². The molecule has 1 fully saturated rings.